The van der Waals surface area contributed by atoms with Crippen LogP contribution in [-0.2, 0) is 4.74 Å². The summed E-state index contributed by atoms with van der Waals surface area (Å²) >= 11 is 0. The number of primary amides is 1. The maximum atomic E-state index is 12.7. The predicted molar refractivity (Wildman–Crippen MR) is 111 cm³/mol. The van der Waals surface area contributed by atoms with Crippen LogP contribution in [0.5, 0.6) is 5.75 Å². The number of rotatable bonds is 7. The van der Waals surface area contributed by atoms with Crippen molar-refractivity contribution in [3.05, 3.63) is 82.7 Å². The molecule has 1 amide bonds. The lowest BCUT2D eigenvalue weighted by atomic mass is 10.1. The lowest BCUT2D eigenvalue weighted by Crippen LogP contribution is -2.13. The first kappa shape index (κ1) is 20.9. The molecule has 2 aromatic carbocycles. The van der Waals surface area contributed by atoms with Crippen molar-refractivity contribution in [3.63, 3.8) is 0 Å². The number of nitrogens with two attached hydrogens (primary N) is 1. The topological polar surface area (TPSA) is 101 Å². The van der Waals surface area contributed by atoms with E-state index in [1.807, 2.05) is 24.5 Å². The van der Waals surface area contributed by atoms with Crippen molar-refractivity contribution >= 4 is 17.7 Å². The van der Waals surface area contributed by atoms with E-state index in [1.165, 1.54) is 7.11 Å². The summed E-state index contributed by atoms with van der Waals surface area (Å²) in [6.45, 7) is 3.62. The van der Waals surface area contributed by atoms with Crippen LogP contribution in [-0.4, -0.2) is 35.9 Å². The van der Waals surface area contributed by atoms with Gasteiger partial charge in [0, 0.05) is 28.2 Å². The lowest BCUT2D eigenvalue weighted by molar-refractivity contribution is 0.0600. The van der Waals surface area contributed by atoms with Gasteiger partial charge in [0.2, 0.25) is 11.7 Å². The minimum absolute atomic E-state index is 0.137. The molecule has 30 heavy (non-hydrogen) atoms. The summed E-state index contributed by atoms with van der Waals surface area (Å²) in [5.41, 5.74) is 9.08. The number of ketones is 1. The smallest absolute Gasteiger partial charge is 0.337 e. The maximum absolute atomic E-state index is 12.7. The predicted octanol–water partition coefficient (Wildman–Crippen LogP) is 3.24. The third-order valence-corrected chi connectivity index (χ3v) is 4.79. The quantitative estimate of drug-likeness (QED) is 0.480. The number of Topliss-reactive ketones (excluding diaryl/α,β-unsaturated/α-hetero) is 1. The third kappa shape index (κ3) is 4.25. The van der Waals surface area contributed by atoms with Gasteiger partial charge in [-0.1, -0.05) is 0 Å². The molecule has 2 N–H and O–H groups in total. The monoisotopic (exact) mass is 406 g/mol. The minimum Gasteiger partial charge on any atom is -0.485 e. The lowest BCUT2D eigenvalue weighted by Gasteiger charge is -2.11. The summed E-state index contributed by atoms with van der Waals surface area (Å²) < 4.78 is 12.2. The fourth-order valence-electron chi connectivity index (χ4n) is 3.25. The number of carbonyl (C=O) groups excluding carboxylic acids is 3. The molecule has 7 nitrogen and oxygen atoms in total. The number of nitrogens with zero attached hydrogens (tertiary/aromatic N) is 1. The summed E-state index contributed by atoms with van der Waals surface area (Å²) in [5.74, 6) is -0.621. The molecule has 0 aliphatic rings. The highest BCUT2D eigenvalue weighted by Crippen LogP contribution is 2.22. The van der Waals surface area contributed by atoms with Crippen LogP contribution in [0.1, 0.15) is 42.5 Å². The molecule has 0 saturated carbocycles. The molecule has 0 bridgehead atoms. The maximum Gasteiger partial charge on any atom is 0.337 e. The summed E-state index contributed by atoms with van der Waals surface area (Å²) in [6, 6.07) is 15.1. The van der Waals surface area contributed by atoms with Crippen LogP contribution in [0.25, 0.3) is 5.69 Å². The molecule has 0 atom stereocenters. The molecular weight excluding hydrogens is 384 g/mol. The average Bonchev–Trinajstić information content (AvgIpc) is 3.05. The van der Waals surface area contributed by atoms with Crippen molar-refractivity contribution in [3.8, 4) is 11.4 Å². The van der Waals surface area contributed by atoms with Gasteiger partial charge in [-0.2, -0.15) is 0 Å². The van der Waals surface area contributed by atoms with E-state index >= 15 is 0 Å². The molecule has 0 aliphatic carbocycles. The van der Waals surface area contributed by atoms with Crippen molar-refractivity contribution in [2.75, 3.05) is 13.7 Å². The molecule has 0 saturated heterocycles. The van der Waals surface area contributed by atoms with Crippen molar-refractivity contribution in [2.24, 2.45) is 5.73 Å². The van der Waals surface area contributed by atoms with Gasteiger partial charge in [-0.3, -0.25) is 9.59 Å². The van der Waals surface area contributed by atoms with Gasteiger partial charge in [-0.25, -0.2) is 4.79 Å². The molecular formula is C23H22N2O5. The Kier molecular flexibility index (Phi) is 6.01. The highest BCUT2D eigenvalue weighted by molar-refractivity contribution is 5.99. The second-order valence-corrected chi connectivity index (χ2v) is 6.76. The van der Waals surface area contributed by atoms with Crippen LogP contribution in [0.4, 0.5) is 0 Å². The highest BCUT2D eigenvalue weighted by Gasteiger charge is 2.18. The standard InChI is InChI=1S/C23H22N2O5/c1-14-12-20(21(26)13-30-19-10-6-16(7-11-19)22(24)27)15(2)25(14)18-8-4-17(5-9-18)23(28)29-3/h4-12H,13H2,1-3H3,(H2,24,27). The van der Waals surface area contributed by atoms with Crippen LogP contribution in [0.2, 0.25) is 0 Å². The first-order valence-electron chi connectivity index (χ1n) is 9.25. The Morgan fingerprint density at radius 3 is 2.10 bits per heavy atom. The molecule has 1 heterocycles. The molecule has 0 aliphatic heterocycles. The van der Waals surface area contributed by atoms with Crippen molar-refractivity contribution < 1.29 is 23.9 Å². The number of ether oxygens (including phenoxy) is 2. The number of esters is 1. The number of benzene rings is 2. The summed E-state index contributed by atoms with van der Waals surface area (Å²) in [5, 5.41) is 0. The molecule has 0 radical (unpaired) electrons. The molecule has 3 aromatic rings. The second kappa shape index (κ2) is 8.65. The van der Waals surface area contributed by atoms with Gasteiger partial charge in [0.1, 0.15) is 5.75 Å². The summed E-state index contributed by atoms with van der Waals surface area (Å²) in [4.78, 5) is 35.5. The Bertz CT molecular complexity index is 1100. The first-order chi connectivity index (χ1) is 14.3. The van der Waals surface area contributed by atoms with Crippen LogP contribution in [0.15, 0.2) is 54.6 Å². The molecule has 3 rings (SSSR count). The number of hydrogen-bond acceptors (Lipinski definition) is 5. The molecule has 154 valence electrons. The van der Waals surface area contributed by atoms with Crippen molar-refractivity contribution in [1.82, 2.24) is 4.57 Å². The Morgan fingerprint density at radius 2 is 1.53 bits per heavy atom. The normalized spacial score (nSPS) is 10.5. The van der Waals surface area contributed by atoms with E-state index in [0.29, 0.717) is 22.4 Å². The Balaban J connectivity index is 1.76. The van der Waals surface area contributed by atoms with E-state index in [-0.39, 0.29) is 12.4 Å². The van der Waals surface area contributed by atoms with E-state index in [1.54, 1.807) is 48.5 Å². The van der Waals surface area contributed by atoms with Gasteiger partial charge in [-0.15, -0.1) is 0 Å². The Labute approximate surface area is 174 Å². The summed E-state index contributed by atoms with van der Waals surface area (Å²) in [6.07, 6.45) is 0. The number of aryl methyl sites for hydroxylation is 1. The molecule has 0 fully saturated rings. The van der Waals surface area contributed by atoms with Crippen LogP contribution in [0.3, 0.4) is 0 Å². The molecule has 7 heteroatoms. The van der Waals surface area contributed by atoms with E-state index in [0.717, 1.165) is 17.1 Å². The Hall–Kier alpha value is -3.87. The van der Waals surface area contributed by atoms with Crippen molar-refractivity contribution in [1.29, 1.82) is 0 Å². The van der Waals surface area contributed by atoms with E-state index in [2.05, 4.69) is 0 Å². The van der Waals surface area contributed by atoms with Crippen molar-refractivity contribution in [2.45, 2.75) is 13.8 Å². The zero-order valence-corrected chi connectivity index (χ0v) is 17.0. The number of methoxy groups -OCH3 is 1. The zero-order chi connectivity index (χ0) is 21.8. The third-order valence-electron chi connectivity index (χ3n) is 4.79. The van der Waals surface area contributed by atoms with E-state index in [9.17, 15) is 14.4 Å². The Morgan fingerprint density at radius 1 is 0.933 bits per heavy atom. The minimum atomic E-state index is -0.523. The van der Waals surface area contributed by atoms with Crippen LogP contribution < -0.4 is 10.5 Å². The second-order valence-electron chi connectivity index (χ2n) is 6.76. The van der Waals surface area contributed by atoms with Gasteiger partial charge in [0.15, 0.2) is 6.61 Å². The fourth-order valence-corrected chi connectivity index (χ4v) is 3.25. The molecule has 1 aromatic heterocycles. The van der Waals surface area contributed by atoms with Gasteiger partial charge in [0.05, 0.1) is 12.7 Å². The van der Waals surface area contributed by atoms with E-state index in [4.69, 9.17) is 15.2 Å². The number of carbonyl (C=O) groups is 3. The van der Waals surface area contributed by atoms with Gasteiger partial charge in [0.25, 0.3) is 0 Å². The summed E-state index contributed by atoms with van der Waals surface area (Å²) in [7, 11) is 1.34. The number of aromatic nitrogens is 1. The number of amides is 1. The highest BCUT2D eigenvalue weighted by atomic mass is 16.5. The van der Waals surface area contributed by atoms with E-state index < -0.39 is 11.9 Å². The molecule has 0 unspecified atom stereocenters. The van der Waals surface area contributed by atoms with Crippen LogP contribution in [0, 0.1) is 13.8 Å². The first-order valence-corrected chi connectivity index (χ1v) is 9.25. The average molecular weight is 406 g/mol. The zero-order valence-electron chi connectivity index (χ0n) is 17.0. The van der Waals surface area contributed by atoms with Gasteiger partial charge in [-0.05, 0) is 68.4 Å². The largest absolute Gasteiger partial charge is 0.485 e. The fraction of sp³-hybridized carbons (Fsp3) is 0.174. The molecule has 0 spiro atoms. The number of hydrogen-bond donors (Lipinski definition) is 1. The van der Waals surface area contributed by atoms with Gasteiger partial charge < -0.3 is 19.8 Å². The van der Waals surface area contributed by atoms with Crippen LogP contribution >= 0.6 is 0 Å². The van der Waals surface area contributed by atoms with Gasteiger partial charge >= 0.3 is 5.97 Å². The SMILES string of the molecule is COC(=O)c1ccc(-n2c(C)cc(C(=O)COc3ccc(C(N)=O)cc3)c2C)cc1.